The van der Waals surface area contributed by atoms with E-state index in [1.807, 2.05) is 30.3 Å². The number of carbonyl (C=O) groups excluding carboxylic acids is 1. The second-order valence-corrected chi connectivity index (χ2v) is 9.72. The van der Waals surface area contributed by atoms with Crippen molar-refractivity contribution in [2.45, 2.75) is 25.8 Å². The average molecular weight is 474 g/mol. The van der Waals surface area contributed by atoms with Crippen LogP contribution in [0.25, 0.3) is 0 Å². The molecule has 2 N–H and O–H groups in total. The summed E-state index contributed by atoms with van der Waals surface area (Å²) in [5, 5.41) is 10.9. The predicted octanol–water partition coefficient (Wildman–Crippen LogP) is 3.79. The maximum absolute atomic E-state index is 12.6. The van der Waals surface area contributed by atoms with Crippen molar-refractivity contribution in [3.63, 3.8) is 0 Å². The lowest BCUT2D eigenvalue weighted by molar-refractivity contribution is -0.117. The Labute approximate surface area is 207 Å². The minimum atomic E-state index is 0.0867. The van der Waals surface area contributed by atoms with Crippen LogP contribution >= 0.6 is 0 Å². The first-order valence-electron chi connectivity index (χ1n) is 12.8. The Morgan fingerprint density at radius 2 is 1.74 bits per heavy atom. The number of para-hydroxylation sites is 2. The summed E-state index contributed by atoms with van der Waals surface area (Å²) in [6.07, 6.45) is 2.38. The van der Waals surface area contributed by atoms with Crippen LogP contribution in [0.15, 0.2) is 71.3 Å². The first kappa shape index (κ1) is 23.6. The number of benzene rings is 2. The number of rotatable bonds is 8. The Morgan fingerprint density at radius 1 is 1.00 bits per heavy atom. The summed E-state index contributed by atoms with van der Waals surface area (Å²) in [6, 6.07) is 22.4. The summed E-state index contributed by atoms with van der Waals surface area (Å²) in [6.45, 7) is 6.72. The molecule has 2 aromatic carbocycles. The molecule has 0 saturated carbocycles. The number of hydrogen-bond donors (Lipinski definition) is 2. The van der Waals surface area contributed by atoms with E-state index in [0.29, 0.717) is 18.3 Å². The molecule has 2 aliphatic heterocycles. The SMILES string of the molecule is O=C(C[C@H]1CCNC[C@@H]1Cc1cc(CN2CCN(c3ccccc3)CC2)on1)Nc1ccccc1. The summed E-state index contributed by atoms with van der Waals surface area (Å²) in [4.78, 5) is 17.5. The van der Waals surface area contributed by atoms with E-state index < -0.39 is 0 Å². The highest BCUT2D eigenvalue weighted by molar-refractivity contribution is 5.90. The number of hydrogen-bond acceptors (Lipinski definition) is 6. The van der Waals surface area contributed by atoms with Gasteiger partial charge in [-0.05, 0) is 62.0 Å². The molecule has 2 aliphatic rings. The Morgan fingerprint density at radius 3 is 2.51 bits per heavy atom. The Hall–Kier alpha value is -3.16. The number of piperazine rings is 1. The van der Waals surface area contributed by atoms with Gasteiger partial charge in [0.2, 0.25) is 5.91 Å². The van der Waals surface area contributed by atoms with Gasteiger partial charge in [-0.25, -0.2) is 0 Å². The van der Waals surface area contributed by atoms with Gasteiger partial charge in [-0.3, -0.25) is 9.69 Å². The van der Waals surface area contributed by atoms with Crippen LogP contribution in [0.4, 0.5) is 11.4 Å². The third kappa shape index (κ3) is 6.50. The highest BCUT2D eigenvalue weighted by atomic mass is 16.5. The van der Waals surface area contributed by atoms with E-state index in [4.69, 9.17) is 4.52 Å². The van der Waals surface area contributed by atoms with E-state index in [2.05, 4.69) is 62.0 Å². The maximum atomic E-state index is 12.6. The zero-order valence-electron chi connectivity index (χ0n) is 20.2. The van der Waals surface area contributed by atoms with Gasteiger partial charge in [0.1, 0.15) is 0 Å². The van der Waals surface area contributed by atoms with Crippen molar-refractivity contribution in [2.24, 2.45) is 11.8 Å². The van der Waals surface area contributed by atoms with Gasteiger partial charge in [0, 0.05) is 50.0 Å². The normalized spacial score (nSPS) is 21.1. The number of piperidine rings is 1. The third-order valence-corrected chi connectivity index (χ3v) is 7.22. The van der Waals surface area contributed by atoms with Crippen LogP contribution in [0.5, 0.6) is 0 Å². The number of nitrogens with zero attached hydrogens (tertiary/aromatic N) is 3. The molecule has 0 spiro atoms. The molecule has 35 heavy (non-hydrogen) atoms. The molecule has 3 aromatic rings. The van der Waals surface area contributed by atoms with Crippen LogP contribution in [-0.2, 0) is 17.8 Å². The standard InChI is InChI=1S/C28H35N5O2/c34-28(30-24-7-3-1-4-8-24)18-22-11-12-29-20-23(22)17-25-19-27(35-31-25)21-32-13-15-33(16-14-32)26-9-5-2-6-10-26/h1-10,19,22-23,29H,11-18,20-21H2,(H,30,34)/t22-,23+/m1/s1. The van der Waals surface area contributed by atoms with Crippen molar-refractivity contribution in [2.75, 3.05) is 49.5 Å². The van der Waals surface area contributed by atoms with Crippen molar-refractivity contribution < 1.29 is 9.32 Å². The predicted molar refractivity (Wildman–Crippen MR) is 138 cm³/mol. The summed E-state index contributed by atoms with van der Waals surface area (Å²) >= 11 is 0. The van der Waals surface area contributed by atoms with Crippen LogP contribution < -0.4 is 15.5 Å². The average Bonchev–Trinajstić information content (AvgIpc) is 3.33. The molecular formula is C28H35N5O2. The fourth-order valence-electron chi connectivity index (χ4n) is 5.27. The van der Waals surface area contributed by atoms with Gasteiger partial charge < -0.3 is 20.1 Å². The van der Waals surface area contributed by atoms with E-state index in [1.165, 1.54) is 5.69 Å². The molecule has 0 unspecified atom stereocenters. The van der Waals surface area contributed by atoms with Crippen molar-refractivity contribution in [3.05, 3.63) is 78.2 Å². The van der Waals surface area contributed by atoms with Gasteiger partial charge in [0.15, 0.2) is 5.76 Å². The van der Waals surface area contributed by atoms with E-state index in [0.717, 1.165) is 75.8 Å². The fraction of sp³-hybridized carbons (Fsp3) is 0.429. The smallest absolute Gasteiger partial charge is 0.224 e. The van der Waals surface area contributed by atoms with Crippen molar-refractivity contribution in [1.29, 1.82) is 0 Å². The summed E-state index contributed by atoms with van der Waals surface area (Å²) < 4.78 is 5.71. The Bertz CT molecular complexity index is 1060. The molecule has 3 heterocycles. The molecule has 7 nitrogen and oxygen atoms in total. The molecule has 1 amide bonds. The van der Waals surface area contributed by atoms with Gasteiger partial charge in [-0.15, -0.1) is 0 Å². The highest BCUT2D eigenvalue weighted by Crippen LogP contribution is 2.27. The highest BCUT2D eigenvalue weighted by Gasteiger charge is 2.28. The van der Waals surface area contributed by atoms with E-state index in [1.54, 1.807) is 0 Å². The molecule has 2 saturated heterocycles. The molecule has 184 valence electrons. The van der Waals surface area contributed by atoms with Gasteiger partial charge in [0.05, 0.1) is 12.2 Å². The molecule has 2 atom stereocenters. The van der Waals surface area contributed by atoms with Gasteiger partial charge in [-0.2, -0.15) is 0 Å². The number of aromatic nitrogens is 1. The molecule has 2 fully saturated rings. The summed E-state index contributed by atoms with van der Waals surface area (Å²) in [5.41, 5.74) is 3.14. The first-order chi connectivity index (χ1) is 17.2. The number of amides is 1. The lowest BCUT2D eigenvalue weighted by Crippen LogP contribution is -2.45. The van der Waals surface area contributed by atoms with Crippen molar-refractivity contribution in [1.82, 2.24) is 15.4 Å². The van der Waals surface area contributed by atoms with Crippen LogP contribution in [0.1, 0.15) is 24.3 Å². The quantitative estimate of drug-likeness (QED) is 0.519. The Kier molecular flexibility index (Phi) is 7.75. The maximum Gasteiger partial charge on any atom is 0.224 e. The first-order valence-corrected chi connectivity index (χ1v) is 12.8. The third-order valence-electron chi connectivity index (χ3n) is 7.22. The molecule has 5 rings (SSSR count). The van der Waals surface area contributed by atoms with Crippen LogP contribution in [-0.4, -0.2) is 55.2 Å². The van der Waals surface area contributed by atoms with E-state index in [9.17, 15) is 4.79 Å². The van der Waals surface area contributed by atoms with Gasteiger partial charge in [-0.1, -0.05) is 41.6 Å². The number of anilines is 2. The van der Waals surface area contributed by atoms with Crippen LogP contribution in [0.2, 0.25) is 0 Å². The van der Waals surface area contributed by atoms with Gasteiger partial charge >= 0.3 is 0 Å². The zero-order chi connectivity index (χ0) is 23.9. The monoisotopic (exact) mass is 473 g/mol. The number of nitrogens with one attached hydrogen (secondary N) is 2. The molecule has 0 bridgehead atoms. The van der Waals surface area contributed by atoms with Crippen molar-refractivity contribution in [3.8, 4) is 0 Å². The van der Waals surface area contributed by atoms with Crippen molar-refractivity contribution >= 4 is 17.3 Å². The topological polar surface area (TPSA) is 73.6 Å². The summed E-state index contributed by atoms with van der Waals surface area (Å²) in [7, 11) is 0. The van der Waals surface area contributed by atoms with Gasteiger partial charge in [0.25, 0.3) is 0 Å². The summed E-state index contributed by atoms with van der Waals surface area (Å²) in [5.74, 6) is 1.72. The van der Waals surface area contributed by atoms with E-state index >= 15 is 0 Å². The molecule has 0 aliphatic carbocycles. The molecule has 1 aromatic heterocycles. The fourth-order valence-corrected chi connectivity index (χ4v) is 5.27. The molecular weight excluding hydrogens is 438 g/mol. The molecule has 7 heteroatoms. The number of carbonyl (C=O) groups is 1. The van der Waals surface area contributed by atoms with Crippen LogP contribution in [0, 0.1) is 11.8 Å². The second kappa shape index (κ2) is 11.5. The molecule has 0 radical (unpaired) electrons. The second-order valence-electron chi connectivity index (χ2n) is 9.72. The lowest BCUT2D eigenvalue weighted by Gasteiger charge is -2.35. The lowest BCUT2D eigenvalue weighted by atomic mass is 9.81. The zero-order valence-corrected chi connectivity index (χ0v) is 20.2. The Balaban J connectivity index is 1.11. The van der Waals surface area contributed by atoms with E-state index in [-0.39, 0.29) is 5.91 Å². The van der Waals surface area contributed by atoms with Crippen LogP contribution in [0.3, 0.4) is 0 Å². The largest absolute Gasteiger partial charge is 0.369 e. The minimum Gasteiger partial charge on any atom is -0.369 e. The minimum absolute atomic E-state index is 0.0867.